The summed E-state index contributed by atoms with van der Waals surface area (Å²) in [6.45, 7) is 5.02. The maximum atomic E-state index is 13.5. The van der Waals surface area contributed by atoms with E-state index in [4.69, 9.17) is 4.98 Å². The number of amides is 1. The molecule has 1 saturated carbocycles. The Labute approximate surface area is 212 Å². The summed E-state index contributed by atoms with van der Waals surface area (Å²) in [5.74, 6) is 1.43. The third kappa shape index (κ3) is 3.84. The second kappa shape index (κ2) is 8.67. The van der Waals surface area contributed by atoms with Gasteiger partial charge in [-0.1, -0.05) is 19.3 Å². The fourth-order valence-electron chi connectivity index (χ4n) is 6.17. The van der Waals surface area contributed by atoms with Crippen molar-refractivity contribution in [1.82, 2.24) is 29.1 Å². The quantitative estimate of drug-likeness (QED) is 0.541. The minimum atomic E-state index is -0.254. The van der Waals surface area contributed by atoms with Crippen LogP contribution in [0.5, 0.6) is 0 Å². The molecule has 0 unspecified atom stereocenters. The van der Waals surface area contributed by atoms with Gasteiger partial charge in [0.15, 0.2) is 0 Å². The lowest BCUT2D eigenvalue weighted by molar-refractivity contribution is 0.0675. The highest BCUT2D eigenvalue weighted by atomic mass is 31.1. The molecule has 3 fully saturated rings. The Bertz CT molecular complexity index is 1290. The lowest BCUT2D eigenvalue weighted by atomic mass is 9.80. The number of pyridine rings is 1. The minimum Gasteiger partial charge on any atom is -0.368 e. The standard InChI is InChI=1S/C26H33N8OP/c1-31-9-11-32(12-10-31)20-5-6-22(27-17-20)29-25-28-16-19-15-21-24(35)33(36-13-14-36)18-26(7-3-2-4-8-26)34(21)23(19)30-25/h5-6,15-17H,2-4,7-14,18H2,1H3,(H,27,28,29,30). The molecule has 3 aliphatic heterocycles. The summed E-state index contributed by atoms with van der Waals surface area (Å²) in [5.41, 5.74) is 2.77. The van der Waals surface area contributed by atoms with E-state index in [1.54, 1.807) is 0 Å². The van der Waals surface area contributed by atoms with E-state index in [1.807, 2.05) is 24.5 Å². The van der Waals surface area contributed by atoms with Crippen molar-refractivity contribution in [2.75, 3.05) is 62.3 Å². The highest BCUT2D eigenvalue weighted by molar-refractivity contribution is 7.63. The van der Waals surface area contributed by atoms with Crippen LogP contribution >= 0.6 is 8.07 Å². The van der Waals surface area contributed by atoms with Gasteiger partial charge in [-0.3, -0.25) is 4.79 Å². The van der Waals surface area contributed by atoms with Crippen LogP contribution in [-0.2, 0) is 5.54 Å². The molecule has 10 heteroatoms. The van der Waals surface area contributed by atoms with E-state index < -0.39 is 0 Å². The molecule has 3 aromatic heterocycles. The Balaban J connectivity index is 1.19. The van der Waals surface area contributed by atoms with Gasteiger partial charge in [0.25, 0.3) is 5.91 Å². The molecule has 36 heavy (non-hydrogen) atoms. The molecule has 0 radical (unpaired) electrons. The first-order valence-corrected chi connectivity index (χ1v) is 14.9. The maximum absolute atomic E-state index is 13.5. The lowest BCUT2D eigenvalue weighted by Crippen LogP contribution is -2.52. The SMILES string of the molecule is CN1CCN(c2ccc(Nc3ncc4cc5n(c4n3)C3(CCCCC3)CN(P3CC3)C5=O)nc2)CC1. The summed E-state index contributed by atoms with van der Waals surface area (Å²) >= 11 is 0. The number of aromatic nitrogens is 4. The van der Waals surface area contributed by atoms with Crippen molar-refractivity contribution in [1.29, 1.82) is 0 Å². The van der Waals surface area contributed by atoms with Crippen molar-refractivity contribution in [3.63, 3.8) is 0 Å². The average molecular weight is 505 g/mol. The number of hydrogen-bond acceptors (Lipinski definition) is 7. The van der Waals surface area contributed by atoms with Crippen LogP contribution in [0.3, 0.4) is 0 Å². The van der Waals surface area contributed by atoms with Gasteiger partial charge in [-0.2, -0.15) is 4.98 Å². The second-order valence-corrected chi connectivity index (χ2v) is 13.1. The average Bonchev–Trinajstić information content (AvgIpc) is 3.67. The predicted octanol–water partition coefficient (Wildman–Crippen LogP) is 3.85. The van der Waals surface area contributed by atoms with Gasteiger partial charge in [-0.25, -0.2) is 9.97 Å². The minimum absolute atomic E-state index is 0.0395. The first-order chi connectivity index (χ1) is 17.6. The smallest absolute Gasteiger partial charge is 0.273 e. The third-order valence-electron chi connectivity index (χ3n) is 8.32. The van der Waals surface area contributed by atoms with E-state index in [2.05, 4.69) is 47.4 Å². The van der Waals surface area contributed by atoms with Gasteiger partial charge < -0.3 is 24.4 Å². The van der Waals surface area contributed by atoms with Crippen molar-refractivity contribution < 1.29 is 4.79 Å². The molecule has 0 aromatic carbocycles. The second-order valence-electron chi connectivity index (χ2n) is 10.8. The summed E-state index contributed by atoms with van der Waals surface area (Å²) in [6, 6.07) is 6.13. The normalized spacial score (nSPS) is 22.3. The van der Waals surface area contributed by atoms with E-state index >= 15 is 0 Å². The van der Waals surface area contributed by atoms with Crippen molar-refractivity contribution in [3.05, 3.63) is 36.3 Å². The van der Waals surface area contributed by atoms with Crippen LogP contribution in [0.2, 0.25) is 0 Å². The zero-order valence-corrected chi connectivity index (χ0v) is 21.8. The van der Waals surface area contributed by atoms with Gasteiger partial charge in [0.2, 0.25) is 5.95 Å². The molecule has 7 rings (SSSR count). The molecule has 1 spiro atoms. The first kappa shape index (κ1) is 22.4. The summed E-state index contributed by atoms with van der Waals surface area (Å²) < 4.78 is 4.50. The lowest BCUT2D eigenvalue weighted by Gasteiger charge is -2.47. The number of carbonyl (C=O) groups excluding carboxylic acids is 1. The van der Waals surface area contributed by atoms with E-state index in [0.717, 1.165) is 73.8 Å². The van der Waals surface area contributed by atoms with Crippen LogP contribution in [0, 0.1) is 0 Å². The van der Waals surface area contributed by atoms with Crippen LogP contribution in [0.15, 0.2) is 30.6 Å². The maximum Gasteiger partial charge on any atom is 0.273 e. The fraction of sp³-hybridized carbons (Fsp3) is 0.538. The topological polar surface area (TPSA) is 82.4 Å². The van der Waals surface area contributed by atoms with E-state index in [1.165, 1.54) is 31.6 Å². The van der Waals surface area contributed by atoms with Gasteiger partial charge in [-0.05, 0) is 58.5 Å². The Kier molecular flexibility index (Phi) is 5.40. The number of piperazine rings is 1. The number of likely N-dealkylation sites (N-methyl/N-ethyl adjacent to an activating group) is 1. The van der Waals surface area contributed by atoms with Crippen molar-refractivity contribution in [2.45, 2.75) is 37.6 Å². The van der Waals surface area contributed by atoms with Crippen LogP contribution in [0.4, 0.5) is 17.5 Å². The molecule has 2 saturated heterocycles. The molecule has 0 bridgehead atoms. The molecule has 1 N–H and O–H groups in total. The molecule has 1 amide bonds. The highest BCUT2D eigenvalue weighted by Crippen LogP contribution is 2.58. The largest absolute Gasteiger partial charge is 0.368 e. The van der Waals surface area contributed by atoms with Crippen molar-refractivity contribution in [2.24, 2.45) is 0 Å². The fourth-order valence-corrected chi connectivity index (χ4v) is 7.84. The van der Waals surface area contributed by atoms with Gasteiger partial charge >= 0.3 is 0 Å². The van der Waals surface area contributed by atoms with Gasteiger partial charge in [0.1, 0.15) is 17.2 Å². The molecule has 3 aromatic rings. The molecule has 0 atom stereocenters. The molecule has 9 nitrogen and oxygen atoms in total. The van der Waals surface area contributed by atoms with Crippen LogP contribution in [-0.4, -0.2) is 87.1 Å². The molecule has 6 heterocycles. The molecule has 188 valence electrons. The predicted molar refractivity (Wildman–Crippen MR) is 144 cm³/mol. The summed E-state index contributed by atoms with van der Waals surface area (Å²) in [6.07, 6.45) is 12.1. The van der Waals surface area contributed by atoms with Crippen molar-refractivity contribution in [3.8, 4) is 0 Å². The number of nitrogens with one attached hydrogen (secondary N) is 1. The van der Waals surface area contributed by atoms with Crippen LogP contribution in [0.1, 0.15) is 42.6 Å². The summed E-state index contributed by atoms with van der Waals surface area (Å²) in [4.78, 5) is 32.4. The van der Waals surface area contributed by atoms with E-state index in [0.29, 0.717) is 5.95 Å². The van der Waals surface area contributed by atoms with E-state index in [-0.39, 0.29) is 19.5 Å². The monoisotopic (exact) mass is 504 g/mol. The van der Waals surface area contributed by atoms with E-state index in [9.17, 15) is 4.79 Å². The molecule has 4 aliphatic rings. The summed E-state index contributed by atoms with van der Waals surface area (Å²) in [5, 5.41) is 4.25. The van der Waals surface area contributed by atoms with Gasteiger partial charge in [-0.15, -0.1) is 0 Å². The van der Waals surface area contributed by atoms with Crippen LogP contribution < -0.4 is 10.2 Å². The van der Waals surface area contributed by atoms with Crippen molar-refractivity contribution >= 4 is 42.5 Å². The number of hydrogen-bond donors (Lipinski definition) is 1. The Morgan fingerprint density at radius 3 is 2.53 bits per heavy atom. The Morgan fingerprint density at radius 2 is 1.81 bits per heavy atom. The third-order valence-corrected chi connectivity index (χ3v) is 10.2. The number of rotatable bonds is 4. The number of fused-ring (bicyclic) bond motifs is 4. The molecular formula is C26H33N8OP. The highest BCUT2D eigenvalue weighted by Gasteiger charge is 2.48. The number of nitrogens with zero attached hydrogens (tertiary/aromatic N) is 7. The first-order valence-electron chi connectivity index (χ1n) is 13.2. The summed E-state index contributed by atoms with van der Waals surface area (Å²) in [7, 11) is 1.91. The van der Waals surface area contributed by atoms with Crippen LogP contribution in [0.25, 0.3) is 11.0 Å². The number of carbonyl (C=O) groups is 1. The van der Waals surface area contributed by atoms with Gasteiger partial charge in [0, 0.05) is 44.3 Å². The zero-order valence-electron chi connectivity index (χ0n) is 20.9. The Morgan fingerprint density at radius 1 is 1.00 bits per heavy atom. The Hall–Kier alpha value is -2.77. The zero-order chi connectivity index (χ0) is 24.3. The number of anilines is 3. The molecular weight excluding hydrogens is 471 g/mol. The van der Waals surface area contributed by atoms with Gasteiger partial charge in [0.05, 0.1) is 17.4 Å². The molecule has 1 aliphatic carbocycles.